The van der Waals surface area contributed by atoms with E-state index in [0.29, 0.717) is 13.2 Å². The Morgan fingerprint density at radius 2 is 2.27 bits per heavy atom. The Kier molecular flexibility index (Phi) is 5.02. The van der Waals surface area contributed by atoms with Gasteiger partial charge in [-0.1, -0.05) is 6.58 Å². The number of carbonyl (C=O) groups excluding carboxylic acids is 2. The summed E-state index contributed by atoms with van der Waals surface area (Å²) in [6, 6.07) is 0. The van der Waals surface area contributed by atoms with E-state index in [1.165, 1.54) is 0 Å². The van der Waals surface area contributed by atoms with Gasteiger partial charge in [-0.25, -0.2) is 4.79 Å². The molecule has 0 aromatic heterocycles. The molecule has 1 saturated heterocycles. The van der Waals surface area contributed by atoms with Gasteiger partial charge in [0.1, 0.15) is 19.5 Å². The molecule has 0 amide bonds. The lowest BCUT2D eigenvalue weighted by molar-refractivity contribution is -0.138. The van der Waals surface area contributed by atoms with E-state index in [1.54, 1.807) is 0 Å². The fourth-order valence-corrected chi connectivity index (χ4v) is 0.398. The Morgan fingerprint density at radius 3 is 2.64 bits per heavy atom. The summed E-state index contributed by atoms with van der Waals surface area (Å²) in [6.45, 7) is 6.32. The number of carbonyl (C=O) groups is 2. The number of epoxide rings is 1. The minimum atomic E-state index is -0.384. The molecule has 0 aromatic rings. The SMILES string of the molecule is C=CC(=O)OCC1CO1.C=O. The molecule has 62 valence electrons. The molecule has 1 aliphatic heterocycles. The minimum absolute atomic E-state index is 0.147. The summed E-state index contributed by atoms with van der Waals surface area (Å²) in [6.07, 6.45) is 1.29. The second-order valence-electron chi connectivity index (χ2n) is 1.79. The molecule has 4 nitrogen and oxygen atoms in total. The lowest BCUT2D eigenvalue weighted by Gasteiger charge is -1.94. The molecule has 0 radical (unpaired) electrons. The summed E-state index contributed by atoms with van der Waals surface area (Å²) >= 11 is 0. The number of ether oxygens (including phenoxy) is 2. The van der Waals surface area contributed by atoms with E-state index in [2.05, 4.69) is 11.3 Å². The molecule has 1 atom stereocenters. The molecule has 0 saturated carbocycles. The van der Waals surface area contributed by atoms with Gasteiger partial charge in [-0.05, 0) is 0 Å². The van der Waals surface area contributed by atoms with Crippen molar-refractivity contribution in [3.63, 3.8) is 0 Å². The third-order valence-corrected chi connectivity index (χ3v) is 0.981. The molecule has 0 bridgehead atoms. The molecule has 1 heterocycles. The Balaban J connectivity index is 0.000000461. The topological polar surface area (TPSA) is 55.9 Å². The molecule has 0 spiro atoms. The van der Waals surface area contributed by atoms with Crippen molar-refractivity contribution in [2.45, 2.75) is 6.10 Å². The molecule has 1 aliphatic rings. The van der Waals surface area contributed by atoms with E-state index in [4.69, 9.17) is 9.53 Å². The van der Waals surface area contributed by atoms with Crippen molar-refractivity contribution >= 4 is 12.8 Å². The summed E-state index contributed by atoms with van der Waals surface area (Å²) < 4.78 is 9.42. The Morgan fingerprint density at radius 1 is 1.73 bits per heavy atom. The number of hydrogen-bond donors (Lipinski definition) is 0. The first-order valence-corrected chi connectivity index (χ1v) is 3.02. The minimum Gasteiger partial charge on any atom is -0.460 e. The van der Waals surface area contributed by atoms with Crippen molar-refractivity contribution in [3.8, 4) is 0 Å². The third-order valence-electron chi connectivity index (χ3n) is 0.981. The third kappa shape index (κ3) is 5.29. The average Bonchev–Trinajstić information content (AvgIpc) is 2.87. The van der Waals surface area contributed by atoms with Gasteiger partial charge in [0.25, 0.3) is 0 Å². The lowest BCUT2D eigenvalue weighted by Crippen LogP contribution is -2.06. The average molecular weight is 158 g/mol. The molecular weight excluding hydrogens is 148 g/mol. The van der Waals surface area contributed by atoms with Crippen molar-refractivity contribution in [1.29, 1.82) is 0 Å². The van der Waals surface area contributed by atoms with Gasteiger partial charge in [0.05, 0.1) is 6.61 Å². The van der Waals surface area contributed by atoms with Crippen LogP contribution in [0.25, 0.3) is 0 Å². The molecule has 1 rings (SSSR count). The van der Waals surface area contributed by atoms with Crippen molar-refractivity contribution < 1.29 is 19.1 Å². The van der Waals surface area contributed by atoms with Crippen LogP contribution in [0.15, 0.2) is 12.7 Å². The van der Waals surface area contributed by atoms with Crippen LogP contribution in [0.4, 0.5) is 0 Å². The first-order chi connectivity index (χ1) is 5.33. The van der Waals surface area contributed by atoms with Crippen LogP contribution in [0.5, 0.6) is 0 Å². The van der Waals surface area contributed by atoms with Gasteiger partial charge in [0.2, 0.25) is 0 Å². The van der Waals surface area contributed by atoms with Crippen molar-refractivity contribution in [1.82, 2.24) is 0 Å². The van der Waals surface area contributed by atoms with E-state index in [0.717, 1.165) is 6.08 Å². The van der Waals surface area contributed by atoms with Crippen molar-refractivity contribution in [2.75, 3.05) is 13.2 Å². The molecule has 0 N–H and O–H groups in total. The highest BCUT2D eigenvalue weighted by molar-refractivity contribution is 5.81. The molecule has 0 aliphatic carbocycles. The highest BCUT2D eigenvalue weighted by atomic mass is 16.6. The molecule has 4 heteroatoms. The van der Waals surface area contributed by atoms with Crippen LogP contribution in [-0.2, 0) is 19.1 Å². The van der Waals surface area contributed by atoms with Crippen molar-refractivity contribution in [2.24, 2.45) is 0 Å². The molecule has 11 heavy (non-hydrogen) atoms. The first-order valence-electron chi connectivity index (χ1n) is 3.02. The maximum atomic E-state index is 10.3. The second-order valence-corrected chi connectivity index (χ2v) is 1.79. The van der Waals surface area contributed by atoms with Crippen LogP contribution in [0.3, 0.4) is 0 Å². The van der Waals surface area contributed by atoms with Crippen LogP contribution >= 0.6 is 0 Å². The van der Waals surface area contributed by atoms with Gasteiger partial charge < -0.3 is 14.3 Å². The molecule has 1 fully saturated rings. The normalized spacial score (nSPS) is 19.1. The number of esters is 1. The van der Waals surface area contributed by atoms with Crippen LogP contribution in [0.1, 0.15) is 0 Å². The highest BCUT2D eigenvalue weighted by Gasteiger charge is 2.23. The zero-order valence-corrected chi connectivity index (χ0v) is 6.12. The quantitative estimate of drug-likeness (QED) is 0.328. The summed E-state index contributed by atoms with van der Waals surface area (Å²) in [5, 5.41) is 0. The predicted octanol–water partition coefficient (Wildman–Crippen LogP) is -0.0705. The van der Waals surface area contributed by atoms with E-state index < -0.39 is 0 Å². The van der Waals surface area contributed by atoms with E-state index >= 15 is 0 Å². The number of hydrogen-bond acceptors (Lipinski definition) is 4. The van der Waals surface area contributed by atoms with Crippen molar-refractivity contribution in [3.05, 3.63) is 12.7 Å². The predicted molar refractivity (Wildman–Crippen MR) is 38.0 cm³/mol. The molecule has 1 unspecified atom stereocenters. The summed E-state index contributed by atoms with van der Waals surface area (Å²) in [4.78, 5) is 18.3. The maximum absolute atomic E-state index is 10.3. The van der Waals surface area contributed by atoms with Gasteiger partial charge in [0, 0.05) is 6.08 Å². The van der Waals surface area contributed by atoms with E-state index in [1.807, 2.05) is 6.79 Å². The largest absolute Gasteiger partial charge is 0.460 e. The van der Waals surface area contributed by atoms with Gasteiger partial charge in [0.15, 0.2) is 0 Å². The first kappa shape index (κ1) is 9.84. The summed E-state index contributed by atoms with van der Waals surface area (Å²) in [5.74, 6) is -0.384. The van der Waals surface area contributed by atoms with Crippen LogP contribution in [0.2, 0.25) is 0 Å². The van der Waals surface area contributed by atoms with Crippen LogP contribution < -0.4 is 0 Å². The molecular formula is C7H10O4. The van der Waals surface area contributed by atoms with Gasteiger partial charge in [-0.3, -0.25) is 0 Å². The summed E-state index contributed by atoms with van der Waals surface area (Å²) in [7, 11) is 0. The Bertz CT molecular complexity index is 139. The maximum Gasteiger partial charge on any atom is 0.330 e. The number of rotatable bonds is 3. The van der Waals surface area contributed by atoms with E-state index in [-0.39, 0.29) is 12.1 Å². The fourth-order valence-electron chi connectivity index (χ4n) is 0.398. The second kappa shape index (κ2) is 5.61. The summed E-state index contributed by atoms with van der Waals surface area (Å²) in [5.41, 5.74) is 0. The Hall–Kier alpha value is -1.16. The smallest absolute Gasteiger partial charge is 0.330 e. The standard InChI is InChI=1S/C6H8O3.CH2O/c1-2-6(7)9-4-5-3-8-5;1-2/h2,5H,1,3-4H2;1H2. The van der Waals surface area contributed by atoms with Crippen LogP contribution in [-0.4, -0.2) is 32.1 Å². The lowest BCUT2D eigenvalue weighted by atomic mass is 10.5. The van der Waals surface area contributed by atoms with Crippen LogP contribution in [0, 0.1) is 0 Å². The van der Waals surface area contributed by atoms with Gasteiger partial charge >= 0.3 is 5.97 Å². The fraction of sp³-hybridized carbons (Fsp3) is 0.429. The monoisotopic (exact) mass is 158 g/mol. The molecule has 0 aromatic carbocycles. The van der Waals surface area contributed by atoms with Gasteiger partial charge in [-0.2, -0.15) is 0 Å². The zero-order chi connectivity index (χ0) is 8.69. The zero-order valence-electron chi connectivity index (χ0n) is 6.12. The van der Waals surface area contributed by atoms with Gasteiger partial charge in [-0.15, -0.1) is 0 Å². The van der Waals surface area contributed by atoms with E-state index in [9.17, 15) is 4.79 Å². The highest BCUT2D eigenvalue weighted by Crippen LogP contribution is 2.08. The Labute approximate surface area is 64.8 Å².